The summed E-state index contributed by atoms with van der Waals surface area (Å²) in [6, 6.07) is 27.8. The summed E-state index contributed by atoms with van der Waals surface area (Å²) >= 11 is 8.08. The lowest BCUT2D eigenvalue weighted by molar-refractivity contribution is 0.309. The smallest absolute Gasteiger partial charge is 0.119 e. The third-order valence-corrected chi connectivity index (χ3v) is 5.90. The summed E-state index contributed by atoms with van der Waals surface area (Å²) in [5, 5.41) is 0. The van der Waals surface area contributed by atoms with Gasteiger partial charge in [-0.15, -0.1) is 11.6 Å². The van der Waals surface area contributed by atoms with Gasteiger partial charge in [-0.3, -0.25) is 0 Å². The molecule has 1 nitrogen and oxygen atoms in total. The van der Waals surface area contributed by atoms with Crippen molar-refractivity contribution in [2.24, 2.45) is 0 Å². The number of hydrogen-bond acceptors (Lipinski definition) is 1. The SMILES string of the molecule is CC(=CC(c1ccc(I)cc1)c1ccc(OCCCCCl)cc1)c1ccccc1. The third-order valence-electron chi connectivity index (χ3n) is 4.91. The summed E-state index contributed by atoms with van der Waals surface area (Å²) in [7, 11) is 0. The number of ether oxygens (including phenoxy) is 1. The number of rotatable bonds is 9. The molecular formula is C26H26ClIO. The molecule has 3 heteroatoms. The van der Waals surface area contributed by atoms with Gasteiger partial charge in [0.15, 0.2) is 0 Å². The van der Waals surface area contributed by atoms with Crippen molar-refractivity contribution >= 4 is 39.8 Å². The van der Waals surface area contributed by atoms with Crippen LogP contribution in [0.2, 0.25) is 0 Å². The van der Waals surface area contributed by atoms with E-state index < -0.39 is 0 Å². The Morgan fingerprint density at radius 2 is 1.52 bits per heavy atom. The molecule has 0 N–H and O–H groups in total. The van der Waals surface area contributed by atoms with Gasteiger partial charge in [0, 0.05) is 15.4 Å². The van der Waals surface area contributed by atoms with Crippen LogP contribution in [0, 0.1) is 3.57 Å². The lowest BCUT2D eigenvalue weighted by Crippen LogP contribution is -2.01. The van der Waals surface area contributed by atoms with Crippen LogP contribution in [0.1, 0.15) is 42.4 Å². The maximum absolute atomic E-state index is 5.84. The number of allylic oxidation sites excluding steroid dienone is 2. The highest BCUT2D eigenvalue weighted by Gasteiger charge is 2.13. The Kier molecular flexibility index (Phi) is 8.63. The summed E-state index contributed by atoms with van der Waals surface area (Å²) in [4.78, 5) is 0. The van der Waals surface area contributed by atoms with E-state index in [1.165, 1.54) is 25.8 Å². The molecule has 0 heterocycles. The number of alkyl halides is 1. The highest BCUT2D eigenvalue weighted by atomic mass is 127. The average Bonchev–Trinajstić information content (AvgIpc) is 2.77. The van der Waals surface area contributed by atoms with Crippen molar-refractivity contribution in [1.29, 1.82) is 0 Å². The van der Waals surface area contributed by atoms with Crippen molar-refractivity contribution in [2.45, 2.75) is 25.7 Å². The van der Waals surface area contributed by atoms with Gasteiger partial charge in [-0.05, 0) is 88.9 Å². The van der Waals surface area contributed by atoms with Gasteiger partial charge in [0.05, 0.1) is 6.61 Å². The Hall–Kier alpha value is -1.78. The molecule has 0 aromatic heterocycles. The first kappa shape index (κ1) is 21.9. The fourth-order valence-corrected chi connectivity index (χ4v) is 3.81. The summed E-state index contributed by atoms with van der Waals surface area (Å²) in [5.41, 5.74) is 5.07. The highest BCUT2D eigenvalue weighted by Crippen LogP contribution is 2.31. The van der Waals surface area contributed by atoms with Crippen LogP contribution in [-0.2, 0) is 0 Å². The topological polar surface area (TPSA) is 9.23 Å². The van der Waals surface area contributed by atoms with E-state index in [4.69, 9.17) is 16.3 Å². The molecule has 0 saturated carbocycles. The van der Waals surface area contributed by atoms with E-state index in [9.17, 15) is 0 Å². The average molecular weight is 517 g/mol. The number of unbranched alkanes of at least 4 members (excludes halogenated alkanes) is 1. The van der Waals surface area contributed by atoms with Crippen LogP contribution < -0.4 is 4.74 Å². The summed E-state index contributed by atoms with van der Waals surface area (Å²) < 4.78 is 7.08. The van der Waals surface area contributed by atoms with Crippen LogP contribution in [0.4, 0.5) is 0 Å². The van der Waals surface area contributed by atoms with Crippen LogP contribution in [0.25, 0.3) is 5.57 Å². The van der Waals surface area contributed by atoms with Gasteiger partial charge >= 0.3 is 0 Å². The largest absolute Gasteiger partial charge is 0.494 e. The fraction of sp³-hybridized carbons (Fsp3) is 0.231. The molecule has 0 aliphatic rings. The third kappa shape index (κ3) is 6.61. The lowest BCUT2D eigenvalue weighted by atomic mass is 9.88. The van der Waals surface area contributed by atoms with Gasteiger partial charge in [0.2, 0.25) is 0 Å². The molecule has 0 amide bonds. The zero-order chi connectivity index (χ0) is 20.5. The van der Waals surface area contributed by atoms with E-state index in [0.29, 0.717) is 12.5 Å². The molecule has 29 heavy (non-hydrogen) atoms. The van der Waals surface area contributed by atoms with E-state index in [2.05, 4.69) is 114 Å². The monoisotopic (exact) mass is 516 g/mol. The van der Waals surface area contributed by atoms with Gasteiger partial charge in [-0.2, -0.15) is 0 Å². The number of hydrogen-bond donors (Lipinski definition) is 0. The van der Waals surface area contributed by atoms with Crippen LogP contribution in [0.15, 0.2) is 84.9 Å². The molecule has 0 bridgehead atoms. The van der Waals surface area contributed by atoms with E-state index in [1.54, 1.807) is 0 Å². The Balaban J connectivity index is 1.86. The summed E-state index contributed by atoms with van der Waals surface area (Å²) in [6.45, 7) is 2.89. The zero-order valence-electron chi connectivity index (χ0n) is 16.7. The first-order chi connectivity index (χ1) is 14.2. The standard InChI is InChI=1S/C26H26ClIO/c1-20(21-7-3-2-4-8-21)19-26(22-9-13-24(28)14-10-22)23-11-15-25(16-12-23)29-18-6-5-17-27/h2-4,7-16,19,26H,5-6,17-18H2,1H3. The quantitative estimate of drug-likeness (QED) is 0.159. The molecule has 3 rings (SSSR count). The molecule has 150 valence electrons. The predicted octanol–water partition coefficient (Wildman–Crippen LogP) is 7.92. The normalized spacial score (nSPS) is 12.6. The Morgan fingerprint density at radius 1 is 0.897 bits per heavy atom. The Morgan fingerprint density at radius 3 is 2.14 bits per heavy atom. The number of benzene rings is 3. The molecular weight excluding hydrogens is 491 g/mol. The van der Waals surface area contributed by atoms with Crippen molar-refractivity contribution in [3.63, 3.8) is 0 Å². The van der Waals surface area contributed by atoms with Crippen molar-refractivity contribution in [3.8, 4) is 5.75 Å². The second kappa shape index (κ2) is 11.4. The van der Waals surface area contributed by atoms with Gasteiger partial charge in [-0.25, -0.2) is 0 Å². The Bertz CT molecular complexity index is 902. The Labute approximate surface area is 192 Å². The van der Waals surface area contributed by atoms with Crippen LogP contribution in [0.3, 0.4) is 0 Å². The van der Waals surface area contributed by atoms with Gasteiger partial charge in [0.25, 0.3) is 0 Å². The van der Waals surface area contributed by atoms with Crippen molar-refractivity contribution in [1.82, 2.24) is 0 Å². The lowest BCUT2D eigenvalue weighted by Gasteiger charge is -2.17. The maximum Gasteiger partial charge on any atom is 0.119 e. The van der Waals surface area contributed by atoms with E-state index in [0.717, 1.165) is 18.6 Å². The van der Waals surface area contributed by atoms with Crippen LogP contribution >= 0.6 is 34.2 Å². The number of halogens is 2. The minimum Gasteiger partial charge on any atom is -0.494 e. The molecule has 0 spiro atoms. The maximum atomic E-state index is 5.84. The molecule has 0 saturated heterocycles. The minimum atomic E-state index is 0.192. The second-order valence-electron chi connectivity index (χ2n) is 7.06. The summed E-state index contributed by atoms with van der Waals surface area (Å²) in [6.07, 6.45) is 4.32. The minimum absolute atomic E-state index is 0.192. The van der Waals surface area contributed by atoms with Crippen LogP contribution in [0.5, 0.6) is 5.75 Å². The first-order valence-corrected chi connectivity index (χ1v) is 11.6. The molecule has 0 aliphatic carbocycles. The van der Waals surface area contributed by atoms with Crippen molar-refractivity contribution in [3.05, 3.63) is 105 Å². The summed E-state index contributed by atoms with van der Waals surface area (Å²) in [5.74, 6) is 1.79. The molecule has 0 radical (unpaired) electrons. The van der Waals surface area contributed by atoms with Crippen molar-refractivity contribution < 1.29 is 4.74 Å². The van der Waals surface area contributed by atoms with E-state index >= 15 is 0 Å². The molecule has 1 unspecified atom stereocenters. The van der Waals surface area contributed by atoms with Gasteiger partial charge < -0.3 is 4.74 Å². The predicted molar refractivity (Wildman–Crippen MR) is 133 cm³/mol. The van der Waals surface area contributed by atoms with E-state index in [1.807, 2.05) is 0 Å². The molecule has 3 aromatic carbocycles. The highest BCUT2D eigenvalue weighted by molar-refractivity contribution is 14.1. The molecule has 0 aliphatic heterocycles. The molecule has 3 aromatic rings. The van der Waals surface area contributed by atoms with E-state index in [-0.39, 0.29) is 5.92 Å². The first-order valence-electron chi connectivity index (χ1n) is 9.95. The molecule has 1 atom stereocenters. The van der Waals surface area contributed by atoms with Gasteiger partial charge in [0.1, 0.15) is 5.75 Å². The fourth-order valence-electron chi connectivity index (χ4n) is 3.26. The zero-order valence-corrected chi connectivity index (χ0v) is 19.6. The molecule has 0 fully saturated rings. The van der Waals surface area contributed by atoms with Gasteiger partial charge in [-0.1, -0.05) is 60.7 Å². The van der Waals surface area contributed by atoms with Crippen LogP contribution in [-0.4, -0.2) is 12.5 Å². The second-order valence-corrected chi connectivity index (χ2v) is 8.68. The van der Waals surface area contributed by atoms with Crippen molar-refractivity contribution in [2.75, 3.05) is 12.5 Å².